The van der Waals surface area contributed by atoms with Gasteiger partial charge in [-0.1, -0.05) is 6.42 Å². The van der Waals surface area contributed by atoms with Crippen LogP contribution in [0, 0.1) is 12.8 Å². The van der Waals surface area contributed by atoms with Crippen LogP contribution in [0.4, 0.5) is 0 Å². The molecule has 120 valence electrons. The Morgan fingerprint density at radius 1 is 1.23 bits per heavy atom. The van der Waals surface area contributed by atoms with E-state index in [0.29, 0.717) is 30.0 Å². The molecule has 7 nitrogen and oxygen atoms in total. The first-order valence-electron chi connectivity index (χ1n) is 7.71. The average Bonchev–Trinajstić information content (AvgIpc) is 2.77. The van der Waals surface area contributed by atoms with Crippen molar-refractivity contribution in [1.82, 2.24) is 18.7 Å². The quantitative estimate of drug-likeness (QED) is 0.865. The Hall–Kier alpha value is -1.89. The van der Waals surface area contributed by atoms with E-state index in [-0.39, 0.29) is 23.3 Å². The Labute approximate surface area is 127 Å². The van der Waals surface area contributed by atoms with E-state index in [2.05, 4.69) is 4.98 Å². The SMILES string of the molecule is Cc1nc2c(c(=O)n(C)c(=O)n2CC2CCCC(O)C2)n1C. The predicted molar refractivity (Wildman–Crippen MR) is 82.9 cm³/mol. The van der Waals surface area contributed by atoms with Crippen LogP contribution in [0.25, 0.3) is 11.2 Å². The van der Waals surface area contributed by atoms with Crippen LogP contribution in [0.15, 0.2) is 9.59 Å². The minimum atomic E-state index is -0.337. The second kappa shape index (κ2) is 5.39. The van der Waals surface area contributed by atoms with Gasteiger partial charge in [-0.15, -0.1) is 0 Å². The Balaban J connectivity index is 2.14. The molecule has 2 heterocycles. The predicted octanol–water partition coefficient (Wildman–Crippen LogP) is 0.293. The van der Waals surface area contributed by atoms with Crippen LogP contribution in [-0.2, 0) is 20.6 Å². The maximum atomic E-state index is 12.5. The topological polar surface area (TPSA) is 82.1 Å². The van der Waals surface area contributed by atoms with Crippen LogP contribution < -0.4 is 11.2 Å². The summed E-state index contributed by atoms with van der Waals surface area (Å²) in [4.78, 5) is 29.2. The standard InChI is InChI=1S/C15H22N4O3/c1-9-16-13-12(17(9)2)14(21)18(3)15(22)19(13)8-10-5-4-6-11(20)7-10/h10-11,20H,4-8H2,1-3H3. The summed E-state index contributed by atoms with van der Waals surface area (Å²) in [5, 5.41) is 9.82. The first kappa shape index (κ1) is 15.0. The largest absolute Gasteiger partial charge is 0.393 e. The van der Waals surface area contributed by atoms with Gasteiger partial charge in [0.25, 0.3) is 5.56 Å². The molecule has 1 aliphatic carbocycles. The van der Waals surface area contributed by atoms with Gasteiger partial charge in [0, 0.05) is 20.6 Å². The van der Waals surface area contributed by atoms with E-state index in [1.807, 2.05) is 6.92 Å². The summed E-state index contributed by atoms with van der Waals surface area (Å²) < 4.78 is 4.46. The maximum absolute atomic E-state index is 12.5. The Morgan fingerprint density at radius 2 is 1.95 bits per heavy atom. The summed E-state index contributed by atoms with van der Waals surface area (Å²) in [5.74, 6) is 0.944. The molecule has 0 radical (unpaired) electrons. The number of nitrogens with zero attached hydrogens (tertiary/aromatic N) is 4. The van der Waals surface area contributed by atoms with Crippen LogP contribution >= 0.6 is 0 Å². The number of rotatable bonds is 2. The number of fused-ring (bicyclic) bond motifs is 1. The van der Waals surface area contributed by atoms with Gasteiger partial charge in [0.2, 0.25) is 0 Å². The highest BCUT2D eigenvalue weighted by Crippen LogP contribution is 2.25. The summed E-state index contributed by atoms with van der Waals surface area (Å²) >= 11 is 0. The molecule has 1 N–H and O–H groups in total. The highest BCUT2D eigenvalue weighted by Gasteiger charge is 2.24. The van der Waals surface area contributed by atoms with E-state index in [9.17, 15) is 14.7 Å². The van der Waals surface area contributed by atoms with Crippen molar-refractivity contribution in [3.05, 3.63) is 26.7 Å². The molecule has 1 saturated carbocycles. The molecule has 2 aromatic rings. The molecule has 2 aromatic heterocycles. The average molecular weight is 306 g/mol. The van der Waals surface area contributed by atoms with Gasteiger partial charge in [-0.05, 0) is 32.1 Å². The number of aromatic nitrogens is 4. The van der Waals surface area contributed by atoms with Crippen LogP contribution in [0.3, 0.4) is 0 Å². The molecule has 2 unspecified atom stereocenters. The van der Waals surface area contributed by atoms with Gasteiger partial charge in [0.1, 0.15) is 5.82 Å². The third-order valence-corrected chi connectivity index (χ3v) is 4.78. The molecule has 0 saturated heterocycles. The van der Waals surface area contributed by atoms with E-state index < -0.39 is 0 Å². The van der Waals surface area contributed by atoms with Crippen LogP contribution in [-0.4, -0.2) is 29.9 Å². The minimum Gasteiger partial charge on any atom is -0.393 e. The third kappa shape index (κ3) is 2.29. The maximum Gasteiger partial charge on any atom is 0.332 e. The lowest BCUT2D eigenvalue weighted by Crippen LogP contribution is -2.40. The highest BCUT2D eigenvalue weighted by molar-refractivity contribution is 5.70. The molecule has 1 aliphatic rings. The minimum absolute atomic E-state index is 0.240. The summed E-state index contributed by atoms with van der Waals surface area (Å²) in [6, 6.07) is 0. The fourth-order valence-electron chi connectivity index (χ4n) is 3.39. The Bertz CT molecular complexity index is 830. The Morgan fingerprint density at radius 3 is 2.64 bits per heavy atom. The first-order valence-corrected chi connectivity index (χ1v) is 7.71. The smallest absolute Gasteiger partial charge is 0.332 e. The number of aryl methyl sites for hydroxylation is 2. The first-order chi connectivity index (χ1) is 10.4. The van der Waals surface area contributed by atoms with Gasteiger partial charge in [-0.3, -0.25) is 13.9 Å². The van der Waals surface area contributed by atoms with E-state index in [0.717, 1.165) is 23.8 Å². The second-order valence-corrected chi connectivity index (χ2v) is 6.33. The molecule has 0 aromatic carbocycles. The van der Waals surface area contributed by atoms with Gasteiger partial charge < -0.3 is 9.67 Å². The number of hydrogen-bond acceptors (Lipinski definition) is 4. The lowest BCUT2D eigenvalue weighted by Gasteiger charge is -2.26. The number of imidazole rings is 1. The fraction of sp³-hybridized carbons (Fsp3) is 0.667. The summed E-state index contributed by atoms with van der Waals surface area (Å²) in [5.41, 5.74) is 0.253. The summed E-state index contributed by atoms with van der Waals surface area (Å²) in [6.45, 7) is 2.32. The molecule has 7 heteroatoms. The van der Waals surface area contributed by atoms with Gasteiger partial charge >= 0.3 is 5.69 Å². The van der Waals surface area contributed by atoms with Gasteiger partial charge in [-0.2, -0.15) is 0 Å². The highest BCUT2D eigenvalue weighted by atomic mass is 16.3. The van der Waals surface area contributed by atoms with Crippen molar-refractivity contribution < 1.29 is 5.11 Å². The van der Waals surface area contributed by atoms with Crippen LogP contribution in [0.5, 0.6) is 0 Å². The lowest BCUT2D eigenvalue weighted by molar-refractivity contribution is 0.0951. The Kier molecular flexibility index (Phi) is 3.68. The number of aliphatic hydroxyl groups excluding tert-OH is 1. The van der Waals surface area contributed by atoms with Crippen molar-refractivity contribution >= 4 is 11.2 Å². The van der Waals surface area contributed by atoms with Crippen molar-refractivity contribution in [2.75, 3.05) is 0 Å². The monoisotopic (exact) mass is 306 g/mol. The van der Waals surface area contributed by atoms with Crippen molar-refractivity contribution in [3.63, 3.8) is 0 Å². The van der Waals surface area contributed by atoms with E-state index in [1.165, 1.54) is 7.05 Å². The molecular formula is C15H22N4O3. The zero-order valence-corrected chi connectivity index (χ0v) is 13.2. The molecular weight excluding hydrogens is 284 g/mol. The summed E-state index contributed by atoms with van der Waals surface area (Å²) in [6.07, 6.45) is 3.19. The molecule has 2 atom stereocenters. The number of aliphatic hydroxyl groups is 1. The van der Waals surface area contributed by atoms with Crippen LogP contribution in [0.1, 0.15) is 31.5 Å². The molecule has 0 bridgehead atoms. The van der Waals surface area contributed by atoms with Crippen molar-refractivity contribution in [2.45, 2.75) is 45.3 Å². The van der Waals surface area contributed by atoms with Crippen LogP contribution in [0.2, 0.25) is 0 Å². The summed E-state index contributed by atoms with van der Waals surface area (Å²) in [7, 11) is 3.28. The number of hydrogen-bond donors (Lipinski definition) is 1. The van der Waals surface area contributed by atoms with Crippen molar-refractivity contribution in [2.24, 2.45) is 20.0 Å². The lowest BCUT2D eigenvalue weighted by atomic mass is 9.87. The van der Waals surface area contributed by atoms with E-state index >= 15 is 0 Å². The fourth-order valence-corrected chi connectivity index (χ4v) is 3.39. The van der Waals surface area contributed by atoms with Crippen molar-refractivity contribution in [1.29, 1.82) is 0 Å². The van der Waals surface area contributed by atoms with Gasteiger partial charge in [-0.25, -0.2) is 9.78 Å². The zero-order chi connectivity index (χ0) is 16.0. The second-order valence-electron chi connectivity index (χ2n) is 6.33. The molecule has 0 amide bonds. The zero-order valence-electron chi connectivity index (χ0n) is 13.2. The molecule has 0 spiro atoms. The third-order valence-electron chi connectivity index (χ3n) is 4.78. The molecule has 1 fully saturated rings. The van der Waals surface area contributed by atoms with E-state index in [1.54, 1.807) is 16.2 Å². The van der Waals surface area contributed by atoms with Gasteiger partial charge in [0.15, 0.2) is 11.2 Å². The normalized spacial score (nSPS) is 22.4. The van der Waals surface area contributed by atoms with E-state index in [4.69, 9.17) is 0 Å². The van der Waals surface area contributed by atoms with Crippen molar-refractivity contribution in [3.8, 4) is 0 Å². The molecule has 22 heavy (non-hydrogen) atoms. The molecule has 0 aliphatic heterocycles. The van der Waals surface area contributed by atoms with Gasteiger partial charge in [0.05, 0.1) is 6.10 Å². The molecule has 3 rings (SSSR count).